The van der Waals surface area contributed by atoms with Crippen molar-refractivity contribution in [2.75, 3.05) is 0 Å². The van der Waals surface area contributed by atoms with Crippen LogP contribution in [-0.4, -0.2) is 32.3 Å². The normalized spacial score (nSPS) is 51.2. The zero-order valence-corrected chi connectivity index (χ0v) is 13.3. The predicted molar refractivity (Wildman–Crippen MR) is 59.0 cm³/mol. The van der Waals surface area contributed by atoms with Crippen molar-refractivity contribution in [3.8, 4) is 0 Å². The van der Waals surface area contributed by atoms with Crippen LogP contribution in [0.4, 0.5) is 0 Å². The van der Waals surface area contributed by atoms with E-state index in [2.05, 4.69) is 0 Å². The Balaban J connectivity index is 0. The average Bonchev–Trinajstić information content (AvgIpc) is 2.08. The second-order valence-electron chi connectivity index (χ2n) is 2.67. The van der Waals surface area contributed by atoms with Crippen molar-refractivity contribution in [2.24, 2.45) is 0 Å². The van der Waals surface area contributed by atoms with Crippen molar-refractivity contribution < 1.29 is 31.0 Å². The van der Waals surface area contributed by atoms with Gasteiger partial charge in [-0.3, -0.25) is 0 Å². The molecule has 1 fully saturated rings. The fourth-order valence-electron chi connectivity index (χ4n) is 1.05. The van der Waals surface area contributed by atoms with Crippen LogP contribution in [-0.2, 0) is 0 Å². The van der Waals surface area contributed by atoms with Crippen LogP contribution in [0.5, 0.6) is 0 Å². The predicted octanol–water partition coefficient (Wildman–Crippen LogP) is 0.761. The van der Waals surface area contributed by atoms with E-state index < -0.39 is 32.3 Å². The van der Waals surface area contributed by atoms with Gasteiger partial charge in [0.2, 0.25) is 0 Å². The molecule has 0 bridgehead atoms. The van der Waals surface area contributed by atoms with Crippen molar-refractivity contribution in [3.05, 3.63) is 0 Å². The van der Waals surface area contributed by atoms with Crippen LogP contribution < -0.4 is 29.6 Å². The quantitative estimate of drug-likeness (QED) is 0.457. The molecule has 7 heteroatoms. The van der Waals surface area contributed by atoms with Crippen molar-refractivity contribution in [2.45, 2.75) is 32.3 Å². The molecule has 0 unspecified atom stereocenters. The summed E-state index contributed by atoms with van der Waals surface area (Å²) in [5.41, 5.74) is 0. The molecule has 0 radical (unpaired) electrons. The number of hydrogen-bond acceptors (Lipinski definition) is 0. The third-order valence-electron chi connectivity index (χ3n) is 1.83. The first-order valence-electron chi connectivity index (χ1n) is 3.31. The summed E-state index contributed by atoms with van der Waals surface area (Å²) >= 11 is 35.3. The molecule has 0 nitrogen and oxygen atoms in total. The third-order valence-corrected chi connectivity index (χ3v) is 5.86. The van der Waals surface area contributed by atoms with E-state index >= 15 is 0 Å². The summed E-state index contributed by atoms with van der Waals surface area (Å²) in [6, 6.07) is 0. The summed E-state index contributed by atoms with van der Waals surface area (Å²) in [5, 5.41) is -2.62. The molecular formula is C6H7Cl6Na. The van der Waals surface area contributed by atoms with E-state index in [4.69, 9.17) is 69.6 Å². The number of rotatable bonds is 0. The second kappa shape index (κ2) is 6.47. The Hall–Kier alpha value is 2.74. The first kappa shape index (κ1) is 15.7. The topological polar surface area (TPSA) is 0 Å². The van der Waals surface area contributed by atoms with E-state index in [1.807, 2.05) is 0 Å². The summed E-state index contributed by atoms with van der Waals surface area (Å²) < 4.78 is 0. The molecular weight excluding hydrogens is 308 g/mol. The van der Waals surface area contributed by atoms with Gasteiger partial charge in [-0.25, -0.2) is 0 Å². The molecule has 74 valence electrons. The Morgan fingerprint density at radius 3 is 0.615 bits per heavy atom. The summed E-state index contributed by atoms with van der Waals surface area (Å²) in [6.45, 7) is 0. The van der Waals surface area contributed by atoms with E-state index in [1.54, 1.807) is 0 Å². The maximum absolute atomic E-state index is 5.88. The molecule has 0 spiro atoms. The van der Waals surface area contributed by atoms with E-state index in [1.165, 1.54) is 0 Å². The van der Waals surface area contributed by atoms with E-state index in [9.17, 15) is 0 Å². The second-order valence-corrected chi connectivity index (χ2v) is 5.69. The molecule has 1 saturated carbocycles. The SMILES string of the molecule is ClC1C(Cl)C(Cl)C(Cl)C(Cl)C1Cl.[H-].[Na+]. The Labute approximate surface area is 131 Å². The van der Waals surface area contributed by atoms with Crippen molar-refractivity contribution >= 4 is 69.6 Å². The van der Waals surface area contributed by atoms with Gasteiger partial charge in [0.15, 0.2) is 0 Å². The van der Waals surface area contributed by atoms with Crippen LogP contribution in [0.15, 0.2) is 0 Å². The number of alkyl halides is 6. The number of halogens is 6. The smallest absolute Gasteiger partial charge is 1.00 e. The summed E-state index contributed by atoms with van der Waals surface area (Å²) in [7, 11) is 0. The van der Waals surface area contributed by atoms with Gasteiger partial charge in [-0.1, -0.05) is 0 Å². The molecule has 0 amide bonds. The summed E-state index contributed by atoms with van der Waals surface area (Å²) in [4.78, 5) is 0. The van der Waals surface area contributed by atoms with Gasteiger partial charge in [0.25, 0.3) is 0 Å². The Morgan fingerprint density at radius 2 is 0.538 bits per heavy atom. The van der Waals surface area contributed by atoms with Gasteiger partial charge in [-0.2, -0.15) is 0 Å². The standard InChI is InChI=1S/C6H6Cl6.Na.H/c7-1-2(8)4(10)6(12)5(11)3(1)9;;/h1-6H;;/q;+1;-1. The van der Waals surface area contributed by atoms with Gasteiger partial charge in [-0.05, 0) is 0 Å². The van der Waals surface area contributed by atoms with Gasteiger partial charge >= 0.3 is 29.6 Å². The van der Waals surface area contributed by atoms with Gasteiger partial charge in [0, 0.05) is 0 Å². The van der Waals surface area contributed by atoms with Gasteiger partial charge in [-0.15, -0.1) is 69.6 Å². The molecule has 0 atom stereocenters. The van der Waals surface area contributed by atoms with Crippen LogP contribution in [0.3, 0.4) is 0 Å². The molecule has 0 heterocycles. The largest absolute Gasteiger partial charge is 1.00 e. The average molecular weight is 315 g/mol. The maximum atomic E-state index is 5.88. The molecule has 0 aliphatic heterocycles. The van der Waals surface area contributed by atoms with Crippen molar-refractivity contribution in [1.29, 1.82) is 0 Å². The Bertz CT molecular complexity index is 114. The summed E-state index contributed by atoms with van der Waals surface area (Å²) in [6.07, 6.45) is 0. The number of hydrogen-bond donors (Lipinski definition) is 0. The van der Waals surface area contributed by atoms with E-state index in [-0.39, 0.29) is 31.0 Å². The third kappa shape index (κ3) is 3.35. The van der Waals surface area contributed by atoms with Crippen LogP contribution in [0.1, 0.15) is 1.43 Å². The van der Waals surface area contributed by atoms with Crippen LogP contribution in [0, 0.1) is 0 Å². The monoisotopic (exact) mass is 312 g/mol. The van der Waals surface area contributed by atoms with Gasteiger partial charge < -0.3 is 1.43 Å². The Kier molecular flexibility index (Phi) is 7.83. The zero-order chi connectivity index (χ0) is 9.46. The summed E-state index contributed by atoms with van der Waals surface area (Å²) in [5.74, 6) is 0. The van der Waals surface area contributed by atoms with E-state index in [0.29, 0.717) is 0 Å². The fraction of sp³-hybridized carbons (Fsp3) is 1.00. The minimum absolute atomic E-state index is 0. The molecule has 0 aromatic rings. The van der Waals surface area contributed by atoms with Crippen LogP contribution in [0.25, 0.3) is 0 Å². The zero-order valence-electron chi connectivity index (χ0n) is 7.73. The minimum atomic E-state index is -0.437. The molecule has 1 rings (SSSR count). The molecule has 1 aliphatic rings. The first-order chi connectivity index (χ1) is 5.46. The van der Waals surface area contributed by atoms with Crippen LogP contribution >= 0.6 is 69.6 Å². The molecule has 13 heavy (non-hydrogen) atoms. The molecule has 0 N–H and O–H groups in total. The van der Waals surface area contributed by atoms with Crippen LogP contribution in [0.2, 0.25) is 0 Å². The first-order valence-corrected chi connectivity index (χ1v) is 5.93. The fourth-order valence-corrected chi connectivity index (χ4v) is 3.38. The molecule has 0 saturated heterocycles. The van der Waals surface area contributed by atoms with E-state index in [0.717, 1.165) is 0 Å². The van der Waals surface area contributed by atoms with Gasteiger partial charge in [0.1, 0.15) is 0 Å². The van der Waals surface area contributed by atoms with Crippen molar-refractivity contribution in [3.63, 3.8) is 0 Å². The van der Waals surface area contributed by atoms with Crippen molar-refractivity contribution in [1.82, 2.24) is 0 Å². The minimum Gasteiger partial charge on any atom is -1.00 e. The molecule has 0 aromatic heterocycles. The molecule has 0 aromatic carbocycles. The maximum Gasteiger partial charge on any atom is 1.00 e. The van der Waals surface area contributed by atoms with Gasteiger partial charge in [0.05, 0.1) is 32.3 Å². The molecule has 1 aliphatic carbocycles. The Morgan fingerprint density at radius 1 is 0.462 bits per heavy atom.